The van der Waals surface area contributed by atoms with Crippen molar-refractivity contribution in [1.82, 2.24) is 0 Å². The molecule has 0 aliphatic carbocycles. The Labute approximate surface area is 100 Å². The molecule has 1 aromatic rings. The molecule has 1 rings (SSSR count). The van der Waals surface area contributed by atoms with Crippen LogP contribution in [-0.2, 0) is 0 Å². The molecule has 0 aliphatic heterocycles. The van der Waals surface area contributed by atoms with Gasteiger partial charge >= 0.3 is 0 Å². The molecule has 2 N–H and O–H groups in total. The molecule has 2 atom stereocenters. The van der Waals surface area contributed by atoms with Crippen LogP contribution in [0.2, 0.25) is 0 Å². The number of hydrogen-bond acceptors (Lipinski definition) is 3. The highest BCUT2D eigenvalue weighted by Gasteiger charge is 2.25. The summed E-state index contributed by atoms with van der Waals surface area (Å²) in [6.45, 7) is -0.140. The predicted molar refractivity (Wildman–Crippen MR) is 55.9 cm³/mol. The molecule has 5 nitrogen and oxygen atoms in total. The standard InChI is InChI=1S/C10H10F3N3O2/c11-5-3-6(12)9(7(13)4-5)10(18)8(17)1-2-15-16-14/h3-4,8,10,17-18H,1-2H2. The van der Waals surface area contributed by atoms with Crippen LogP contribution in [0.5, 0.6) is 0 Å². The van der Waals surface area contributed by atoms with Crippen LogP contribution in [0.1, 0.15) is 18.1 Å². The van der Waals surface area contributed by atoms with E-state index in [-0.39, 0.29) is 13.0 Å². The molecule has 0 aromatic heterocycles. The lowest BCUT2D eigenvalue weighted by Gasteiger charge is -2.18. The van der Waals surface area contributed by atoms with E-state index in [1.807, 2.05) is 0 Å². The van der Waals surface area contributed by atoms with E-state index < -0.39 is 35.2 Å². The molecular weight excluding hydrogens is 251 g/mol. The van der Waals surface area contributed by atoms with Gasteiger partial charge in [0.15, 0.2) is 0 Å². The Morgan fingerprint density at radius 1 is 1.22 bits per heavy atom. The average molecular weight is 261 g/mol. The summed E-state index contributed by atoms with van der Waals surface area (Å²) < 4.78 is 39.2. The fourth-order valence-corrected chi connectivity index (χ4v) is 1.42. The smallest absolute Gasteiger partial charge is 0.134 e. The van der Waals surface area contributed by atoms with E-state index >= 15 is 0 Å². The summed E-state index contributed by atoms with van der Waals surface area (Å²) in [6, 6.07) is 0.809. The van der Waals surface area contributed by atoms with Crippen molar-refractivity contribution in [3.05, 3.63) is 45.6 Å². The van der Waals surface area contributed by atoms with Gasteiger partial charge in [0, 0.05) is 23.6 Å². The second-order valence-electron chi connectivity index (χ2n) is 3.54. The first kappa shape index (κ1) is 14.3. The van der Waals surface area contributed by atoms with E-state index in [1.165, 1.54) is 0 Å². The molecule has 18 heavy (non-hydrogen) atoms. The Bertz CT molecular complexity index is 454. The van der Waals surface area contributed by atoms with Gasteiger partial charge in [0.25, 0.3) is 0 Å². The molecule has 1 aromatic carbocycles. The van der Waals surface area contributed by atoms with Gasteiger partial charge in [-0.05, 0) is 12.0 Å². The number of aliphatic hydroxyl groups excluding tert-OH is 2. The average Bonchev–Trinajstić information content (AvgIpc) is 2.27. The van der Waals surface area contributed by atoms with E-state index in [0.717, 1.165) is 0 Å². The van der Waals surface area contributed by atoms with Crippen molar-refractivity contribution in [2.75, 3.05) is 6.54 Å². The third-order valence-electron chi connectivity index (χ3n) is 2.29. The molecule has 0 bridgehead atoms. The maximum atomic E-state index is 13.3. The zero-order valence-electron chi connectivity index (χ0n) is 9.09. The Hall–Kier alpha value is -1.76. The van der Waals surface area contributed by atoms with Gasteiger partial charge < -0.3 is 10.2 Å². The Balaban J connectivity index is 2.89. The summed E-state index contributed by atoms with van der Waals surface area (Å²) in [5.74, 6) is -3.70. The van der Waals surface area contributed by atoms with Gasteiger partial charge in [-0.1, -0.05) is 5.11 Å². The summed E-state index contributed by atoms with van der Waals surface area (Å²) in [6.07, 6.45) is -3.56. The summed E-state index contributed by atoms with van der Waals surface area (Å²) in [5.41, 5.74) is 7.19. The van der Waals surface area contributed by atoms with Crippen molar-refractivity contribution in [2.45, 2.75) is 18.6 Å². The first-order chi connectivity index (χ1) is 8.47. The third-order valence-corrected chi connectivity index (χ3v) is 2.29. The minimum absolute atomic E-state index is 0.140. The van der Waals surface area contributed by atoms with Crippen LogP contribution >= 0.6 is 0 Å². The molecule has 0 saturated carbocycles. The van der Waals surface area contributed by atoms with Crippen molar-refractivity contribution >= 4 is 0 Å². The van der Waals surface area contributed by atoms with Gasteiger partial charge in [0.2, 0.25) is 0 Å². The van der Waals surface area contributed by atoms with Crippen LogP contribution in [0.25, 0.3) is 10.4 Å². The largest absolute Gasteiger partial charge is 0.390 e. The zero-order valence-corrected chi connectivity index (χ0v) is 9.09. The molecule has 0 spiro atoms. The normalized spacial score (nSPS) is 13.8. The van der Waals surface area contributed by atoms with Crippen LogP contribution in [0.15, 0.2) is 17.2 Å². The van der Waals surface area contributed by atoms with E-state index in [1.54, 1.807) is 0 Å². The molecule has 98 valence electrons. The third kappa shape index (κ3) is 3.36. The van der Waals surface area contributed by atoms with Crippen LogP contribution < -0.4 is 0 Å². The fraction of sp³-hybridized carbons (Fsp3) is 0.400. The number of benzene rings is 1. The van der Waals surface area contributed by atoms with Crippen molar-refractivity contribution in [2.24, 2.45) is 5.11 Å². The first-order valence-corrected chi connectivity index (χ1v) is 4.98. The van der Waals surface area contributed by atoms with Crippen LogP contribution in [0.3, 0.4) is 0 Å². The molecule has 2 unspecified atom stereocenters. The number of halogens is 3. The second-order valence-corrected chi connectivity index (χ2v) is 3.54. The van der Waals surface area contributed by atoms with Crippen molar-refractivity contribution in [1.29, 1.82) is 0 Å². The number of aliphatic hydroxyl groups is 2. The summed E-state index contributed by atoms with van der Waals surface area (Å²) in [5, 5.41) is 22.1. The lowest BCUT2D eigenvalue weighted by molar-refractivity contribution is 0.0107. The highest BCUT2D eigenvalue weighted by Crippen LogP contribution is 2.25. The van der Waals surface area contributed by atoms with E-state index in [4.69, 9.17) is 5.53 Å². The molecule has 0 radical (unpaired) electrons. The molecule has 0 amide bonds. The van der Waals surface area contributed by atoms with Crippen LogP contribution in [0.4, 0.5) is 13.2 Å². The summed E-state index contributed by atoms with van der Waals surface area (Å²) in [4.78, 5) is 2.42. The highest BCUT2D eigenvalue weighted by atomic mass is 19.1. The Morgan fingerprint density at radius 3 is 2.28 bits per heavy atom. The maximum Gasteiger partial charge on any atom is 0.134 e. The monoisotopic (exact) mass is 261 g/mol. The van der Waals surface area contributed by atoms with Crippen molar-refractivity contribution in [3.63, 3.8) is 0 Å². The van der Waals surface area contributed by atoms with Crippen LogP contribution in [0, 0.1) is 17.5 Å². The number of hydrogen-bond donors (Lipinski definition) is 2. The number of rotatable bonds is 5. The molecule has 0 aliphatic rings. The van der Waals surface area contributed by atoms with Gasteiger partial charge in [-0.15, -0.1) is 0 Å². The van der Waals surface area contributed by atoms with Gasteiger partial charge in [0.05, 0.1) is 11.7 Å². The fourth-order valence-electron chi connectivity index (χ4n) is 1.42. The van der Waals surface area contributed by atoms with E-state index in [9.17, 15) is 23.4 Å². The Kier molecular flexibility index (Phi) is 4.96. The van der Waals surface area contributed by atoms with Gasteiger partial charge in [0.1, 0.15) is 23.6 Å². The van der Waals surface area contributed by atoms with Crippen molar-refractivity contribution < 1.29 is 23.4 Å². The van der Waals surface area contributed by atoms with Crippen molar-refractivity contribution in [3.8, 4) is 0 Å². The Morgan fingerprint density at radius 2 is 1.78 bits per heavy atom. The lowest BCUT2D eigenvalue weighted by atomic mass is 10.0. The molecule has 8 heteroatoms. The predicted octanol–water partition coefficient (Wildman–Crippen LogP) is 2.20. The number of nitrogens with zero attached hydrogens (tertiary/aromatic N) is 3. The van der Waals surface area contributed by atoms with E-state index in [0.29, 0.717) is 12.1 Å². The molecule has 0 saturated heterocycles. The molecular formula is C10H10F3N3O2. The quantitative estimate of drug-likeness (QED) is 0.483. The van der Waals surface area contributed by atoms with Gasteiger partial charge in [-0.25, -0.2) is 13.2 Å². The second kappa shape index (κ2) is 6.25. The highest BCUT2D eigenvalue weighted by molar-refractivity contribution is 5.23. The maximum absolute atomic E-state index is 13.3. The van der Waals surface area contributed by atoms with Gasteiger partial charge in [-0.2, -0.15) is 0 Å². The first-order valence-electron chi connectivity index (χ1n) is 4.98. The van der Waals surface area contributed by atoms with Gasteiger partial charge in [-0.3, -0.25) is 0 Å². The summed E-state index contributed by atoms with van der Waals surface area (Å²) >= 11 is 0. The topological polar surface area (TPSA) is 89.2 Å². The lowest BCUT2D eigenvalue weighted by Crippen LogP contribution is -2.21. The molecule has 0 fully saturated rings. The minimum Gasteiger partial charge on any atom is -0.390 e. The number of azide groups is 1. The minimum atomic E-state index is -1.86. The summed E-state index contributed by atoms with van der Waals surface area (Å²) in [7, 11) is 0. The van der Waals surface area contributed by atoms with E-state index in [2.05, 4.69) is 10.0 Å². The molecule has 0 heterocycles. The van der Waals surface area contributed by atoms with Crippen LogP contribution in [-0.4, -0.2) is 22.9 Å². The zero-order chi connectivity index (χ0) is 13.7. The SMILES string of the molecule is [N-]=[N+]=NCCC(O)C(O)c1c(F)cc(F)cc1F.